The van der Waals surface area contributed by atoms with Crippen LogP contribution in [-0.2, 0) is 0 Å². The highest BCUT2D eigenvalue weighted by atomic mass is 127. The van der Waals surface area contributed by atoms with E-state index in [9.17, 15) is 0 Å². The number of benzene rings is 2. The molecule has 164 valence electrons. The molecule has 2 aromatic heterocycles. The van der Waals surface area contributed by atoms with Crippen molar-refractivity contribution < 1.29 is 9.47 Å². The van der Waals surface area contributed by atoms with Crippen molar-refractivity contribution in [3.8, 4) is 29.3 Å². The fourth-order valence-electron chi connectivity index (χ4n) is 2.33. The molecule has 0 aliphatic rings. The van der Waals surface area contributed by atoms with Crippen molar-refractivity contribution >= 4 is 22.6 Å². The smallest absolute Gasteiger partial charge is 0.136 e. The van der Waals surface area contributed by atoms with Crippen molar-refractivity contribution in [2.45, 2.75) is 7.43 Å². The van der Waals surface area contributed by atoms with E-state index in [1.165, 1.54) is 0 Å². The van der Waals surface area contributed by atoms with Crippen LogP contribution < -0.4 is 9.47 Å². The van der Waals surface area contributed by atoms with E-state index < -0.39 is 0 Å². The Morgan fingerprint density at radius 3 is 2.06 bits per heavy atom. The largest absolute Gasteiger partial charge is 0.495 e. The fraction of sp³-hybridized carbons (Fsp3) is 0.130. The zero-order valence-electron chi connectivity index (χ0n) is 16.9. The summed E-state index contributed by atoms with van der Waals surface area (Å²) >= 11 is 2.16. The van der Waals surface area contributed by atoms with E-state index in [1.54, 1.807) is 61.8 Å². The number of nitrogens with one attached hydrogen (secondary N) is 1. The van der Waals surface area contributed by atoms with E-state index >= 15 is 0 Å². The second-order valence-corrected chi connectivity index (χ2v) is 6.92. The van der Waals surface area contributed by atoms with Crippen LogP contribution in [0.2, 0.25) is 0 Å². The number of nitriles is 2. The van der Waals surface area contributed by atoms with Crippen LogP contribution in [0.25, 0.3) is 5.69 Å². The van der Waals surface area contributed by atoms with Crippen LogP contribution in [0.1, 0.15) is 18.6 Å². The van der Waals surface area contributed by atoms with Gasteiger partial charge in [-0.1, -0.05) is 7.43 Å². The molecular weight excluding hydrogens is 519 g/mol. The number of ether oxygens (including phenoxy) is 2. The van der Waals surface area contributed by atoms with Gasteiger partial charge in [0.2, 0.25) is 0 Å². The Bertz CT molecular complexity index is 1130. The van der Waals surface area contributed by atoms with Gasteiger partial charge in [-0.3, -0.25) is 5.10 Å². The molecule has 2 heterocycles. The number of hydrogen-bond donors (Lipinski definition) is 1. The maximum absolute atomic E-state index is 8.91. The Morgan fingerprint density at radius 2 is 1.59 bits per heavy atom. The lowest BCUT2D eigenvalue weighted by molar-refractivity contribution is 0.413. The number of hydrogen-bond acceptors (Lipinski definition) is 6. The monoisotopic (exact) mass is 542 g/mol. The minimum absolute atomic E-state index is 0. The van der Waals surface area contributed by atoms with Gasteiger partial charge in [0, 0.05) is 28.4 Å². The Hall–Kier alpha value is -3.83. The molecule has 32 heavy (non-hydrogen) atoms. The van der Waals surface area contributed by atoms with Gasteiger partial charge in [-0.05, 0) is 71.1 Å². The third-order valence-electron chi connectivity index (χ3n) is 3.76. The zero-order valence-corrected chi connectivity index (χ0v) is 19.0. The van der Waals surface area contributed by atoms with Crippen LogP contribution >= 0.6 is 22.6 Å². The number of nitrogens with zero attached hydrogens (tertiary/aromatic N) is 5. The molecule has 0 bridgehead atoms. The van der Waals surface area contributed by atoms with Gasteiger partial charge in [-0.25, -0.2) is 4.68 Å². The summed E-state index contributed by atoms with van der Waals surface area (Å²) in [7, 11) is 3.10. The van der Waals surface area contributed by atoms with Crippen LogP contribution in [-0.4, -0.2) is 34.2 Å². The maximum atomic E-state index is 8.91. The number of aromatic nitrogens is 4. The van der Waals surface area contributed by atoms with Crippen LogP contribution in [0, 0.1) is 26.2 Å². The Kier molecular flexibility index (Phi) is 11.6. The number of aromatic amines is 1. The first-order valence-corrected chi connectivity index (χ1v) is 9.96. The van der Waals surface area contributed by atoms with Crippen molar-refractivity contribution in [2.75, 3.05) is 14.2 Å². The van der Waals surface area contributed by atoms with Crippen LogP contribution in [0.5, 0.6) is 11.5 Å². The van der Waals surface area contributed by atoms with E-state index in [4.69, 9.17) is 20.0 Å². The SMILES string of the molecule is C.COc1ccc(-n2cccn2)cc1C#N.COc1ccc(I)cc1C#N.c1cn[nH]c1. The van der Waals surface area contributed by atoms with Gasteiger partial charge in [0.1, 0.15) is 23.6 Å². The van der Waals surface area contributed by atoms with Gasteiger partial charge in [-0.2, -0.15) is 20.7 Å². The Morgan fingerprint density at radius 1 is 0.938 bits per heavy atom. The summed E-state index contributed by atoms with van der Waals surface area (Å²) in [5.74, 6) is 1.21. The molecule has 0 amide bonds. The molecule has 0 spiro atoms. The summed E-state index contributed by atoms with van der Waals surface area (Å²) < 4.78 is 12.8. The van der Waals surface area contributed by atoms with Gasteiger partial charge in [-0.15, -0.1) is 0 Å². The van der Waals surface area contributed by atoms with Crippen LogP contribution in [0.4, 0.5) is 0 Å². The molecule has 0 atom stereocenters. The quantitative estimate of drug-likeness (QED) is 0.366. The maximum Gasteiger partial charge on any atom is 0.136 e. The van der Waals surface area contributed by atoms with Crippen molar-refractivity contribution in [1.29, 1.82) is 10.5 Å². The molecule has 0 aliphatic carbocycles. The van der Waals surface area contributed by atoms with Crippen LogP contribution in [0.15, 0.2) is 73.3 Å². The molecule has 0 aliphatic heterocycles. The summed E-state index contributed by atoms with van der Waals surface area (Å²) in [5, 5.41) is 27.8. The van der Waals surface area contributed by atoms with Gasteiger partial charge in [0.15, 0.2) is 0 Å². The highest BCUT2D eigenvalue weighted by Crippen LogP contribution is 2.20. The lowest BCUT2D eigenvalue weighted by Gasteiger charge is -2.05. The van der Waals surface area contributed by atoms with E-state index in [0.717, 1.165) is 9.26 Å². The predicted molar refractivity (Wildman–Crippen MR) is 131 cm³/mol. The first-order chi connectivity index (χ1) is 15.1. The molecule has 4 aromatic rings. The van der Waals surface area contributed by atoms with Gasteiger partial charge in [0.25, 0.3) is 0 Å². The predicted octanol–water partition coefficient (Wildman–Crippen LogP) is 4.97. The van der Waals surface area contributed by atoms with Gasteiger partial charge >= 0.3 is 0 Å². The zero-order chi connectivity index (χ0) is 22.5. The second-order valence-electron chi connectivity index (χ2n) is 5.67. The van der Waals surface area contributed by atoms with Crippen molar-refractivity contribution in [3.63, 3.8) is 0 Å². The third-order valence-corrected chi connectivity index (χ3v) is 4.43. The third kappa shape index (κ3) is 7.78. The summed E-state index contributed by atoms with van der Waals surface area (Å²) in [5.41, 5.74) is 1.93. The molecule has 0 fully saturated rings. The Balaban J connectivity index is 0.000000264. The molecular formula is C23H23IN6O2. The van der Waals surface area contributed by atoms with Crippen molar-refractivity contribution in [1.82, 2.24) is 20.0 Å². The number of H-pyrrole nitrogens is 1. The van der Waals surface area contributed by atoms with Crippen LogP contribution in [0.3, 0.4) is 0 Å². The standard InChI is InChI=1S/C11H9N3O.C8H6INO.C3H4N2.CH4/c1-15-11-4-3-10(7-9(11)8-12)14-6-2-5-13-14;1-11-8-3-2-7(9)4-6(8)5-10;1-2-4-5-3-1;/h2-7H,1H3;2-4H,1H3;1-3H,(H,4,5);1H4. The van der Waals surface area contributed by atoms with E-state index in [0.29, 0.717) is 22.6 Å². The molecule has 0 saturated carbocycles. The summed E-state index contributed by atoms with van der Waals surface area (Å²) in [6.45, 7) is 0. The Labute approximate surface area is 201 Å². The normalized spacial score (nSPS) is 8.78. The minimum Gasteiger partial charge on any atom is -0.495 e. The van der Waals surface area contributed by atoms with E-state index in [-0.39, 0.29) is 7.43 Å². The lowest BCUT2D eigenvalue weighted by atomic mass is 10.2. The summed E-state index contributed by atoms with van der Waals surface area (Å²) in [4.78, 5) is 0. The first-order valence-electron chi connectivity index (χ1n) is 8.88. The second kappa shape index (κ2) is 14.2. The lowest BCUT2D eigenvalue weighted by Crippen LogP contribution is -1.96. The number of rotatable bonds is 3. The summed E-state index contributed by atoms with van der Waals surface area (Å²) in [6, 6.07) is 18.6. The molecule has 0 saturated heterocycles. The average Bonchev–Trinajstić information content (AvgIpc) is 3.56. The number of halogens is 1. The first kappa shape index (κ1) is 26.2. The van der Waals surface area contributed by atoms with Gasteiger partial charge in [0.05, 0.1) is 31.0 Å². The molecule has 9 heteroatoms. The van der Waals surface area contributed by atoms with E-state index in [2.05, 4.69) is 50.0 Å². The van der Waals surface area contributed by atoms with Crippen molar-refractivity contribution in [3.05, 3.63) is 88.0 Å². The molecule has 4 rings (SSSR count). The topological polar surface area (TPSA) is 113 Å². The van der Waals surface area contributed by atoms with Gasteiger partial charge < -0.3 is 9.47 Å². The molecule has 2 aromatic carbocycles. The summed E-state index contributed by atoms with van der Waals surface area (Å²) in [6.07, 6.45) is 6.97. The highest BCUT2D eigenvalue weighted by Gasteiger charge is 2.04. The van der Waals surface area contributed by atoms with Crippen molar-refractivity contribution in [2.24, 2.45) is 0 Å². The molecule has 0 unspecified atom stereocenters. The fourth-order valence-corrected chi connectivity index (χ4v) is 2.82. The molecule has 8 nitrogen and oxygen atoms in total. The highest BCUT2D eigenvalue weighted by molar-refractivity contribution is 14.1. The number of methoxy groups -OCH3 is 2. The minimum atomic E-state index is 0. The molecule has 0 radical (unpaired) electrons. The average molecular weight is 542 g/mol. The molecule has 1 N–H and O–H groups in total. The van der Waals surface area contributed by atoms with E-state index in [1.807, 2.05) is 30.5 Å².